The Morgan fingerprint density at radius 1 is 0.900 bits per heavy atom. The van der Waals surface area contributed by atoms with Crippen molar-refractivity contribution in [2.75, 3.05) is 6.61 Å². The SMILES string of the molecule is CC(=O)O[C@@H]1CC[C@H]2[C@@H]3CC[C@@H]4C[C@@H](O[C@@H]5CCCCO5)CC[C@]4(C)[C@H]3CC[C@]12C. The molecule has 5 aliphatic rings. The number of esters is 1. The molecule has 0 unspecified atom stereocenters. The first kappa shape index (κ1) is 21.2. The van der Waals surface area contributed by atoms with Crippen molar-refractivity contribution in [3.05, 3.63) is 0 Å². The number of rotatable bonds is 3. The Morgan fingerprint density at radius 2 is 1.70 bits per heavy atom. The summed E-state index contributed by atoms with van der Waals surface area (Å²) in [5, 5.41) is 0. The van der Waals surface area contributed by atoms with Gasteiger partial charge in [-0.1, -0.05) is 13.8 Å². The summed E-state index contributed by atoms with van der Waals surface area (Å²) >= 11 is 0. The third-order valence-corrected chi connectivity index (χ3v) is 10.3. The molecule has 0 spiro atoms. The molecular weight excluding hydrogens is 376 g/mol. The van der Waals surface area contributed by atoms with Crippen LogP contribution in [0.1, 0.15) is 97.8 Å². The van der Waals surface area contributed by atoms with E-state index in [9.17, 15) is 4.79 Å². The molecule has 0 radical (unpaired) electrons. The number of hydrogen-bond donors (Lipinski definition) is 0. The second kappa shape index (κ2) is 8.06. The van der Waals surface area contributed by atoms with Gasteiger partial charge in [-0.15, -0.1) is 0 Å². The lowest BCUT2D eigenvalue weighted by Gasteiger charge is -2.61. The lowest BCUT2D eigenvalue weighted by Crippen LogP contribution is -2.55. The van der Waals surface area contributed by atoms with Gasteiger partial charge in [0.15, 0.2) is 6.29 Å². The topological polar surface area (TPSA) is 44.8 Å². The highest BCUT2D eigenvalue weighted by molar-refractivity contribution is 5.66. The molecule has 30 heavy (non-hydrogen) atoms. The van der Waals surface area contributed by atoms with E-state index in [4.69, 9.17) is 14.2 Å². The molecule has 1 saturated heterocycles. The van der Waals surface area contributed by atoms with Gasteiger partial charge in [0.1, 0.15) is 6.10 Å². The summed E-state index contributed by atoms with van der Waals surface area (Å²) in [6.07, 6.45) is 15.4. The van der Waals surface area contributed by atoms with Crippen molar-refractivity contribution < 1.29 is 19.0 Å². The predicted molar refractivity (Wildman–Crippen MR) is 116 cm³/mol. The standard InChI is InChI=1S/C26H42O4/c1-17(27)29-23-10-9-21-20-8-7-18-16-19(30-24-6-4-5-15-28-24)11-13-25(18,2)22(20)12-14-26(21,23)3/h18-24H,4-16H2,1-3H3/t18-,19+,20+,21+,22+,23-,24-,25+,26+/m1/s1. The Labute approximate surface area is 182 Å². The summed E-state index contributed by atoms with van der Waals surface area (Å²) in [5.41, 5.74) is 0.672. The zero-order chi connectivity index (χ0) is 20.9. The Morgan fingerprint density at radius 3 is 2.47 bits per heavy atom. The summed E-state index contributed by atoms with van der Waals surface area (Å²) in [6.45, 7) is 7.49. The van der Waals surface area contributed by atoms with Gasteiger partial charge < -0.3 is 14.2 Å². The van der Waals surface area contributed by atoms with Crippen LogP contribution >= 0.6 is 0 Å². The van der Waals surface area contributed by atoms with Crippen molar-refractivity contribution >= 4 is 5.97 Å². The molecule has 0 aromatic rings. The molecule has 170 valence electrons. The highest BCUT2D eigenvalue weighted by Crippen LogP contribution is 2.66. The van der Waals surface area contributed by atoms with E-state index in [1.165, 1.54) is 64.2 Å². The van der Waals surface area contributed by atoms with Gasteiger partial charge in [0.2, 0.25) is 0 Å². The molecule has 5 rings (SSSR count). The maximum Gasteiger partial charge on any atom is 0.302 e. The number of fused-ring (bicyclic) bond motifs is 5. The van der Waals surface area contributed by atoms with Crippen molar-refractivity contribution in [2.24, 2.45) is 34.5 Å². The highest BCUT2D eigenvalue weighted by atomic mass is 16.7. The first-order chi connectivity index (χ1) is 14.4. The van der Waals surface area contributed by atoms with E-state index in [2.05, 4.69) is 13.8 Å². The minimum absolute atomic E-state index is 0.0523. The maximum atomic E-state index is 11.7. The Balaban J connectivity index is 1.26. The fourth-order valence-electron chi connectivity index (χ4n) is 8.72. The highest BCUT2D eigenvalue weighted by Gasteiger charge is 2.61. The zero-order valence-electron chi connectivity index (χ0n) is 19.4. The molecule has 4 saturated carbocycles. The lowest BCUT2D eigenvalue weighted by atomic mass is 9.45. The number of ether oxygens (including phenoxy) is 3. The van der Waals surface area contributed by atoms with Gasteiger partial charge in [0, 0.05) is 18.9 Å². The molecule has 0 aromatic heterocycles. The molecule has 9 atom stereocenters. The van der Waals surface area contributed by atoms with Crippen molar-refractivity contribution in [2.45, 2.75) is 116 Å². The molecule has 4 nitrogen and oxygen atoms in total. The van der Waals surface area contributed by atoms with Crippen LogP contribution < -0.4 is 0 Å². The minimum atomic E-state index is -0.0973. The van der Waals surface area contributed by atoms with Crippen LogP contribution in [-0.4, -0.2) is 31.1 Å². The second-order valence-electron chi connectivity index (χ2n) is 11.7. The minimum Gasteiger partial charge on any atom is -0.462 e. The first-order valence-corrected chi connectivity index (χ1v) is 12.8. The molecule has 0 amide bonds. The Kier molecular flexibility index (Phi) is 5.71. The lowest BCUT2D eigenvalue weighted by molar-refractivity contribution is -0.212. The fourth-order valence-corrected chi connectivity index (χ4v) is 8.72. The molecule has 1 heterocycles. The smallest absolute Gasteiger partial charge is 0.302 e. The summed E-state index contributed by atoms with van der Waals surface area (Å²) in [4.78, 5) is 11.7. The number of carbonyl (C=O) groups is 1. The van der Waals surface area contributed by atoms with E-state index in [0.29, 0.717) is 11.5 Å². The largest absolute Gasteiger partial charge is 0.462 e. The molecule has 4 aliphatic carbocycles. The van der Waals surface area contributed by atoms with Crippen LogP contribution in [0.3, 0.4) is 0 Å². The maximum absolute atomic E-state index is 11.7. The average Bonchev–Trinajstić information content (AvgIpc) is 3.05. The molecule has 1 aliphatic heterocycles. The Bertz CT molecular complexity index is 643. The third-order valence-electron chi connectivity index (χ3n) is 10.3. The summed E-state index contributed by atoms with van der Waals surface area (Å²) < 4.78 is 18.1. The zero-order valence-corrected chi connectivity index (χ0v) is 19.4. The summed E-state index contributed by atoms with van der Waals surface area (Å²) in [7, 11) is 0. The molecular formula is C26H42O4. The third kappa shape index (κ3) is 3.54. The van der Waals surface area contributed by atoms with Crippen molar-refractivity contribution in [3.63, 3.8) is 0 Å². The first-order valence-electron chi connectivity index (χ1n) is 12.8. The van der Waals surface area contributed by atoms with Crippen molar-refractivity contribution in [3.8, 4) is 0 Å². The van der Waals surface area contributed by atoms with E-state index >= 15 is 0 Å². The van der Waals surface area contributed by atoms with Crippen molar-refractivity contribution in [1.82, 2.24) is 0 Å². The van der Waals surface area contributed by atoms with E-state index < -0.39 is 0 Å². The van der Waals surface area contributed by atoms with E-state index in [0.717, 1.165) is 43.1 Å². The van der Waals surface area contributed by atoms with Crippen LogP contribution in [0.5, 0.6) is 0 Å². The quantitative estimate of drug-likeness (QED) is 0.424. The normalized spacial score (nSPS) is 50.8. The average molecular weight is 419 g/mol. The van der Waals surface area contributed by atoms with Crippen molar-refractivity contribution in [1.29, 1.82) is 0 Å². The van der Waals surface area contributed by atoms with Gasteiger partial charge in [-0.3, -0.25) is 4.79 Å². The molecule has 0 bridgehead atoms. The van der Waals surface area contributed by atoms with E-state index in [1.54, 1.807) is 6.92 Å². The fraction of sp³-hybridized carbons (Fsp3) is 0.962. The molecule has 5 fully saturated rings. The van der Waals surface area contributed by atoms with Crippen LogP contribution in [-0.2, 0) is 19.0 Å². The van der Waals surface area contributed by atoms with Crippen LogP contribution in [0.15, 0.2) is 0 Å². The number of hydrogen-bond acceptors (Lipinski definition) is 4. The second-order valence-corrected chi connectivity index (χ2v) is 11.7. The predicted octanol–water partition coefficient (Wildman–Crippen LogP) is 5.87. The van der Waals surface area contributed by atoms with E-state index in [1.807, 2.05) is 0 Å². The van der Waals surface area contributed by atoms with Crippen LogP contribution in [0, 0.1) is 34.5 Å². The summed E-state index contributed by atoms with van der Waals surface area (Å²) in [5.74, 6) is 3.11. The van der Waals surface area contributed by atoms with Gasteiger partial charge in [-0.2, -0.15) is 0 Å². The van der Waals surface area contributed by atoms with Gasteiger partial charge in [0.05, 0.1) is 6.10 Å². The van der Waals surface area contributed by atoms with Crippen LogP contribution in [0.25, 0.3) is 0 Å². The van der Waals surface area contributed by atoms with Gasteiger partial charge in [-0.05, 0) is 106 Å². The molecule has 0 N–H and O–H groups in total. The van der Waals surface area contributed by atoms with Crippen LogP contribution in [0.4, 0.5) is 0 Å². The van der Waals surface area contributed by atoms with Crippen LogP contribution in [0.2, 0.25) is 0 Å². The molecule has 4 heteroatoms. The van der Waals surface area contributed by atoms with Gasteiger partial charge in [-0.25, -0.2) is 0 Å². The number of carbonyl (C=O) groups excluding carboxylic acids is 1. The molecule has 0 aromatic carbocycles. The van der Waals surface area contributed by atoms with Gasteiger partial charge in [0.25, 0.3) is 0 Å². The van der Waals surface area contributed by atoms with Gasteiger partial charge >= 0.3 is 5.97 Å². The van der Waals surface area contributed by atoms with E-state index in [-0.39, 0.29) is 23.8 Å². The summed E-state index contributed by atoms with van der Waals surface area (Å²) in [6, 6.07) is 0. The monoisotopic (exact) mass is 418 g/mol. The Hall–Kier alpha value is -0.610.